The number of phosphoric ester groups is 2. The van der Waals surface area contributed by atoms with Crippen molar-refractivity contribution >= 4 is 15.6 Å². The Bertz CT molecular complexity index is 308. The van der Waals surface area contributed by atoms with Crippen molar-refractivity contribution in [2.24, 2.45) is 0 Å². The summed E-state index contributed by atoms with van der Waals surface area (Å²) in [5.41, 5.74) is 0. The minimum Gasteiger partial charge on any atom is -0.394 e. The summed E-state index contributed by atoms with van der Waals surface area (Å²) in [4.78, 5) is 33.9. The zero-order valence-electron chi connectivity index (χ0n) is 9.60. The third-order valence-electron chi connectivity index (χ3n) is 1.59. The van der Waals surface area contributed by atoms with Gasteiger partial charge in [0.05, 0.1) is 26.4 Å². The molecule has 0 aromatic rings. The molecule has 0 aliphatic carbocycles. The van der Waals surface area contributed by atoms with Gasteiger partial charge in [-0.15, -0.1) is 0 Å². The fourth-order valence-electron chi connectivity index (χ4n) is 0.805. The molecule has 1 atom stereocenters. The van der Waals surface area contributed by atoms with Crippen molar-refractivity contribution in [2.45, 2.75) is 12.2 Å². The Balaban J connectivity index is 4.29. The molecule has 0 radical (unpaired) electrons. The molecule has 0 spiro atoms. The monoisotopic (exact) mass is 326 g/mol. The molecule has 0 fully saturated rings. The first kappa shape index (κ1) is 19.1. The number of hydrogen-bond acceptors (Lipinski definition) is 7. The molecule has 6 N–H and O–H groups in total. The van der Waals surface area contributed by atoms with Gasteiger partial charge >= 0.3 is 15.6 Å². The van der Waals surface area contributed by atoms with Gasteiger partial charge in [0.25, 0.3) is 0 Å². The summed E-state index contributed by atoms with van der Waals surface area (Å²) < 4.78 is 33.9. The molecule has 0 amide bonds. The van der Waals surface area contributed by atoms with Crippen LogP contribution < -0.4 is 0 Å². The molecule has 13 heteroatoms. The molecular weight excluding hydrogens is 310 g/mol. The molecule has 0 aromatic heterocycles. The lowest BCUT2D eigenvalue weighted by Crippen LogP contribution is -2.30. The Hall–Kier alpha value is 0.1000. The molecule has 0 saturated heterocycles. The van der Waals surface area contributed by atoms with E-state index < -0.39 is 54.3 Å². The largest absolute Gasteiger partial charge is 0.469 e. The molecule has 0 heterocycles. The van der Waals surface area contributed by atoms with Crippen molar-refractivity contribution in [3.05, 3.63) is 0 Å². The lowest BCUT2D eigenvalue weighted by Gasteiger charge is -2.19. The van der Waals surface area contributed by atoms with Crippen LogP contribution in [0.5, 0.6) is 0 Å². The molecule has 19 heavy (non-hydrogen) atoms. The van der Waals surface area contributed by atoms with Gasteiger partial charge < -0.3 is 34.5 Å². The van der Waals surface area contributed by atoms with Crippen LogP contribution in [0.2, 0.25) is 0 Å². The summed E-state index contributed by atoms with van der Waals surface area (Å²) in [5.74, 6) is 0. The van der Waals surface area contributed by atoms with Crippen LogP contribution in [0.4, 0.5) is 0 Å². The highest BCUT2D eigenvalue weighted by molar-refractivity contribution is 7.46. The fourth-order valence-corrected chi connectivity index (χ4v) is 1.53. The van der Waals surface area contributed by atoms with Crippen molar-refractivity contribution in [1.29, 1.82) is 0 Å². The van der Waals surface area contributed by atoms with Crippen LogP contribution in [0, 0.1) is 0 Å². The minimum absolute atomic E-state index is 0.434. The van der Waals surface area contributed by atoms with E-state index in [1.54, 1.807) is 0 Å². The Morgan fingerprint density at radius 1 is 0.895 bits per heavy atom. The summed E-state index contributed by atoms with van der Waals surface area (Å²) in [6.45, 7) is -2.49. The van der Waals surface area contributed by atoms with Gasteiger partial charge in [-0.25, -0.2) is 9.13 Å². The smallest absolute Gasteiger partial charge is 0.394 e. The lowest BCUT2D eigenvalue weighted by molar-refractivity contribution is -0.0617. The van der Waals surface area contributed by atoms with Crippen molar-refractivity contribution in [3.63, 3.8) is 0 Å². The van der Waals surface area contributed by atoms with E-state index in [9.17, 15) is 9.13 Å². The number of aliphatic hydroxyl groups is 2. The van der Waals surface area contributed by atoms with Gasteiger partial charge in [-0.05, 0) is 0 Å². The molecule has 116 valence electrons. The molecule has 0 aliphatic heterocycles. The highest BCUT2D eigenvalue weighted by Gasteiger charge is 2.23. The average molecular weight is 326 g/mol. The Morgan fingerprint density at radius 3 is 1.63 bits per heavy atom. The molecule has 1 unspecified atom stereocenters. The number of aliphatic hydroxyl groups excluding tert-OH is 2. The lowest BCUT2D eigenvalue weighted by atomic mass is 10.4. The summed E-state index contributed by atoms with van der Waals surface area (Å²) in [7, 11) is -9.56. The van der Waals surface area contributed by atoms with E-state index in [0.29, 0.717) is 0 Å². The summed E-state index contributed by atoms with van der Waals surface area (Å²) in [5, 5.41) is 17.5. The molecular formula is C6H16O11P2. The minimum atomic E-state index is -4.78. The average Bonchev–Trinajstić information content (AvgIpc) is 2.24. The van der Waals surface area contributed by atoms with Crippen LogP contribution in [0.15, 0.2) is 0 Å². The van der Waals surface area contributed by atoms with Gasteiger partial charge in [0.1, 0.15) is 12.2 Å². The number of rotatable bonds is 10. The van der Waals surface area contributed by atoms with E-state index in [-0.39, 0.29) is 0 Å². The van der Waals surface area contributed by atoms with Gasteiger partial charge in [0.2, 0.25) is 0 Å². The summed E-state index contributed by atoms with van der Waals surface area (Å²) in [6, 6.07) is 0. The van der Waals surface area contributed by atoms with E-state index in [1.165, 1.54) is 0 Å². The standard InChI is InChI=1S/C6H16O11P2/c7-1-5(8)2-15-6(3-16-18(9,10)11)4-17-19(12,13)14/h5-8H,1-4H2,(H2,9,10,11)(H2,12,13,14). The highest BCUT2D eigenvalue weighted by atomic mass is 31.2. The van der Waals surface area contributed by atoms with Crippen molar-refractivity contribution in [1.82, 2.24) is 0 Å². The Kier molecular flexibility index (Phi) is 8.45. The molecule has 0 saturated carbocycles. The van der Waals surface area contributed by atoms with E-state index >= 15 is 0 Å². The first-order valence-electron chi connectivity index (χ1n) is 4.84. The predicted octanol–water partition coefficient (Wildman–Crippen LogP) is -2.06. The maximum absolute atomic E-state index is 10.5. The van der Waals surface area contributed by atoms with Crippen molar-refractivity contribution < 1.29 is 52.7 Å². The maximum atomic E-state index is 10.5. The van der Waals surface area contributed by atoms with Crippen LogP contribution in [0.1, 0.15) is 0 Å². The Morgan fingerprint density at radius 2 is 1.32 bits per heavy atom. The number of hydrogen-bond donors (Lipinski definition) is 6. The SMILES string of the molecule is O=P(O)(O)OCC(COP(=O)(O)O)OCC(O)CO. The molecule has 0 rings (SSSR count). The van der Waals surface area contributed by atoms with Crippen LogP contribution in [0.3, 0.4) is 0 Å². The van der Waals surface area contributed by atoms with Gasteiger partial charge in [-0.1, -0.05) is 0 Å². The Labute approximate surface area is 108 Å². The normalized spacial score (nSPS) is 14.9. The summed E-state index contributed by atoms with van der Waals surface area (Å²) in [6.07, 6.45) is -2.51. The summed E-state index contributed by atoms with van der Waals surface area (Å²) >= 11 is 0. The second-order valence-corrected chi connectivity index (χ2v) is 5.84. The number of ether oxygens (including phenoxy) is 1. The number of phosphoric acid groups is 2. The highest BCUT2D eigenvalue weighted by Crippen LogP contribution is 2.38. The second kappa shape index (κ2) is 8.40. The van der Waals surface area contributed by atoms with Crippen LogP contribution >= 0.6 is 15.6 Å². The van der Waals surface area contributed by atoms with Crippen LogP contribution in [-0.2, 0) is 22.9 Å². The molecule has 11 nitrogen and oxygen atoms in total. The molecule has 0 aromatic carbocycles. The van der Waals surface area contributed by atoms with Crippen molar-refractivity contribution in [2.75, 3.05) is 26.4 Å². The molecule has 0 bridgehead atoms. The van der Waals surface area contributed by atoms with Crippen LogP contribution in [-0.4, -0.2) is 68.4 Å². The third-order valence-corrected chi connectivity index (χ3v) is 2.56. The van der Waals surface area contributed by atoms with Crippen LogP contribution in [0.25, 0.3) is 0 Å². The fraction of sp³-hybridized carbons (Fsp3) is 1.00. The quantitative estimate of drug-likeness (QED) is 0.243. The van der Waals surface area contributed by atoms with E-state index in [4.69, 9.17) is 34.5 Å². The van der Waals surface area contributed by atoms with E-state index in [0.717, 1.165) is 0 Å². The maximum Gasteiger partial charge on any atom is 0.469 e. The zero-order valence-corrected chi connectivity index (χ0v) is 11.4. The predicted molar refractivity (Wildman–Crippen MR) is 58.8 cm³/mol. The topological polar surface area (TPSA) is 183 Å². The van der Waals surface area contributed by atoms with E-state index in [2.05, 4.69) is 9.05 Å². The molecule has 0 aliphatic rings. The van der Waals surface area contributed by atoms with Gasteiger partial charge in [-0.3, -0.25) is 9.05 Å². The van der Waals surface area contributed by atoms with Crippen molar-refractivity contribution in [3.8, 4) is 0 Å². The van der Waals surface area contributed by atoms with E-state index in [1.807, 2.05) is 0 Å². The first-order valence-corrected chi connectivity index (χ1v) is 7.90. The third kappa shape index (κ3) is 12.9. The van der Waals surface area contributed by atoms with Gasteiger partial charge in [0.15, 0.2) is 0 Å². The van der Waals surface area contributed by atoms with Gasteiger partial charge in [-0.2, -0.15) is 0 Å². The zero-order chi connectivity index (χ0) is 15.1. The van der Waals surface area contributed by atoms with Gasteiger partial charge in [0, 0.05) is 0 Å². The second-order valence-electron chi connectivity index (χ2n) is 3.36. The first-order chi connectivity index (χ1) is 8.53.